The molecule has 0 aliphatic carbocycles. The molecule has 4 N–H and O–H groups in total. The van der Waals surface area contributed by atoms with Gasteiger partial charge in [-0.15, -0.1) is 0 Å². The van der Waals surface area contributed by atoms with Gasteiger partial charge in [-0.3, -0.25) is 4.79 Å². The Labute approximate surface area is 107 Å². The van der Waals surface area contributed by atoms with Crippen LogP contribution in [0.2, 0.25) is 0 Å². The molecule has 6 nitrogen and oxygen atoms in total. The highest BCUT2D eigenvalue weighted by Gasteiger charge is 2.17. The molecule has 1 amide bonds. The van der Waals surface area contributed by atoms with Gasteiger partial charge in [0.05, 0.1) is 12.2 Å². The van der Waals surface area contributed by atoms with Crippen LogP contribution in [-0.4, -0.2) is 27.4 Å². The van der Waals surface area contributed by atoms with Gasteiger partial charge >= 0.3 is 0 Å². The third-order valence-electron chi connectivity index (χ3n) is 2.17. The number of carbonyl (C=O) groups is 1. The fourth-order valence-corrected chi connectivity index (χ4v) is 2.66. The fraction of sp³-hybridized carbons (Fsp3) is 0.364. The van der Waals surface area contributed by atoms with E-state index in [4.69, 9.17) is 5.73 Å². The van der Waals surface area contributed by atoms with Crippen LogP contribution in [0.25, 0.3) is 0 Å². The van der Waals surface area contributed by atoms with E-state index in [1.807, 2.05) is 6.92 Å². The van der Waals surface area contributed by atoms with Gasteiger partial charge in [0.2, 0.25) is 15.9 Å². The summed E-state index contributed by atoms with van der Waals surface area (Å²) in [5.74, 6) is -0.552. The lowest BCUT2D eigenvalue weighted by molar-refractivity contribution is -0.116. The first-order valence-corrected chi connectivity index (χ1v) is 7.06. The van der Waals surface area contributed by atoms with Crippen LogP contribution >= 0.6 is 0 Å². The van der Waals surface area contributed by atoms with Crippen molar-refractivity contribution < 1.29 is 13.2 Å². The van der Waals surface area contributed by atoms with Gasteiger partial charge in [-0.25, -0.2) is 13.1 Å². The number of sulfonamides is 1. The lowest BCUT2D eigenvalue weighted by atomic mass is 10.3. The highest BCUT2D eigenvalue weighted by atomic mass is 32.2. The average molecular weight is 271 g/mol. The van der Waals surface area contributed by atoms with Gasteiger partial charge in [-0.05, 0) is 18.6 Å². The first-order chi connectivity index (χ1) is 8.47. The molecule has 0 saturated heterocycles. The zero-order valence-electron chi connectivity index (χ0n) is 10.1. The van der Waals surface area contributed by atoms with E-state index >= 15 is 0 Å². The van der Waals surface area contributed by atoms with Gasteiger partial charge in [0.15, 0.2) is 0 Å². The van der Waals surface area contributed by atoms with Gasteiger partial charge in [-0.1, -0.05) is 19.1 Å². The molecule has 0 bridgehead atoms. The van der Waals surface area contributed by atoms with Crippen molar-refractivity contribution in [2.45, 2.75) is 18.2 Å². The zero-order chi connectivity index (χ0) is 13.6. The summed E-state index contributed by atoms with van der Waals surface area (Å²) in [6.07, 6.45) is 0.704. The average Bonchev–Trinajstić information content (AvgIpc) is 2.34. The molecule has 0 unspecified atom stereocenters. The maximum atomic E-state index is 12.0. The van der Waals surface area contributed by atoms with E-state index in [-0.39, 0.29) is 11.4 Å². The predicted molar refractivity (Wildman–Crippen MR) is 69.6 cm³/mol. The van der Waals surface area contributed by atoms with E-state index in [1.165, 1.54) is 6.07 Å². The fourth-order valence-electron chi connectivity index (χ4n) is 1.34. The van der Waals surface area contributed by atoms with Crippen LogP contribution in [0.3, 0.4) is 0 Å². The molecule has 0 aromatic heterocycles. The summed E-state index contributed by atoms with van der Waals surface area (Å²) >= 11 is 0. The highest BCUT2D eigenvalue weighted by molar-refractivity contribution is 7.89. The number of hydrogen-bond acceptors (Lipinski definition) is 4. The molecule has 100 valence electrons. The summed E-state index contributed by atoms with van der Waals surface area (Å²) < 4.78 is 26.4. The van der Waals surface area contributed by atoms with E-state index in [0.717, 1.165) is 0 Å². The van der Waals surface area contributed by atoms with Crippen molar-refractivity contribution in [1.29, 1.82) is 0 Å². The summed E-state index contributed by atoms with van der Waals surface area (Å²) in [5.41, 5.74) is 5.37. The minimum Gasteiger partial charge on any atom is -0.375 e. The lowest BCUT2D eigenvalue weighted by Crippen LogP contribution is -2.27. The van der Waals surface area contributed by atoms with Crippen LogP contribution in [-0.2, 0) is 14.8 Å². The first-order valence-electron chi connectivity index (χ1n) is 5.58. The SMILES string of the molecule is CCCNS(=O)(=O)c1ccccc1NCC(N)=O. The molecule has 0 radical (unpaired) electrons. The van der Waals surface area contributed by atoms with Gasteiger partial charge < -0.3 is 11.1 Å². The van der Waals surface area contributed by atoms with Crippen molar-refractivity contribution in [2.75, 3.05) is 18.4 Å². The number of hydrogen-bond donors (Lipinski definition) is 3. The number of primary amides is 1. The normalized spacial score (nSPS) is 11.2. The molecule has 1 aromatic rings. The Morgan fingerprint density at radius 1 is 1.33 bits per heavy atom. The summed E-state index contributed by atoms with van der Waals surface area (Å²) in [7, 11) is -3.57. The number of carbonyl (C=O) groups excluding carboxylic acids is 1. The number of rotatable bonds is 7. The maximum absolute atomic E-state index is 12.0. The van der Waals surface area contributed by atoms with Crippen LogP contribution < -0.4 is 15.8 Å². The molecule has 1 aromatic carbocycles. The van der Waals surface area contributed by atoms with E-state index < -0.39 is 15.9 Å². The first kappa shape index (κ1) is 14.5. The molecule has 0 aliphatic rings. The van der Waals surface area contributed by atoms with Crippen molar-refractivity contribution >= 4 is 21.6 Å². The van der Waals surface area contributed by atoms with Crippen molar-refractivity contribution in [1.82, 2.24) is 4.72 Å². The van der Waals surface area contributed by atoms with Gasteiger partial charge in [0, 0.05) is 6.54 Å². The van der Waals surface area contributed by atoms with Crippen molar-refractivity contribution in [3.8, 4) is 0 Å². The Hall–Kier alpha value is -1.60. The molecule has 0 heterocycles. The second-order valence-corrected chi connectivity index (χ2v) is 5.45. The quantitative estimate of drug-likeness (QED) is 0.662. The predicted octanol–water partition coefficient (Wildman–Crippen LogP) is 0.272. The molecule has 18 heavy (non-hydrogen) atoms. The number of nitrogens with two attached hydrogens (primary N) is 1. The molecule has 0 saturated carbocycles. The molecular weight excluding hydrogens is 254 g/mol. The van der Waals surface area contributed by atoms with E-state index in [1.54, 1.807) is 18.2 Å². The van der Waals surface area contributed by atoms with Gasteiger partial charge in [0.1, 0.15) is 4.90 Å². The van der Waals surface area contributed by atoms with Crippen LogP contribution in [0.5, 0.6) is 0 Å². The van der Waals surface area contributed by atoms with Crippen LogP contribution in [0, 0.1) is 0 Å². The number of nitrogens with one attached hydrogen (secondary N) is 2. The Balaban J connectivity index is 2.97. The second-order valence-electron chi connectivity index (χ2n) is 3.71. The minimum absolute atomic E-state index is 0.111. The van der Waals surface area contributed by atoms with E-state index in [2.05, 4.69) is 10.0 Å². The topological polar surface area (TPSA) is 101 Å². The Bertz CT molecular complexity index is 514. The summed E-state index contributed by atoms with van der Waals surface area (Å²) in [6, 6.07) is 6.36. The molecule has 0 fully saturated rings. The molecule has 0 spiro atoms. The lowest BCUT2D eigenvalue weighted by Gasteiger charge is -2.11. The molecule has 0 atom stereocenters. The third-order valence-corrected chi connectivity index (χ3v) is 3.69. The van der Waals surface area contributed by atoms with Crippen molar-refractivity contribution in [2.24, 2.45) is 5.73 Å². The van der Waals surface area contributed by atoms with Crippen molar-refractivity contribution in [3.05, 3.63) is 24.3 Å². The summed E-state index contributed by atoms with van der Waals surface area (Å²) in [4.78, 5) is 10.8. The maximum Gasteiger partial charge on any atom is 0.242 e. The number of amides is 1. The summed E-state index contributed by atoms with van der Waals surface area (Å²) in [6.45, 7) is 2.13. The summed E-state index contributed by atoms with van der Waals surface area (Å²) in [5, 5.41) is 2.70. The van der Waals surface area contributed by atoms with Crippen LogP contribution in [0.4, 0.5) is 5.69 Å². The van der Waals surface area contributed by atoms with Crippen LogP contribution in [0.15, 0.2) is 29.2 Å². The monoisotopic (exact) mass is 271 g/mol. The van der Waals surface area contributed by atoms with E-state index in [0.29, 0.717) is 18.7 Å². The van der Waals surface area contributed by atoms with Gasteiger partial charge in [-0.2, -0.15) is 0 Å². The third kappa shape index (κ3) is 4.01. The zero-order valence-corrected chi connectivity index (χ0v) is 11.0. The van der Waals surface area contributed by atoms with Gasteiger partial charge in [0.25, 0.3) is 0 Å². The smallest absolute Gasteiger partial charge is 0.242 e. The second kappa shape index (κ2) is 6.36. The highest BCUT2D eigenvalue weighted by Crippen LogP contribution is 2.20. The molecule has 7 heteroatoms. The Morgan fingerprint density at radius 2 is 2.00 bits per heavy atom. The number of benzene rings is 1. The molecular formula is C11H17N3O3S. The number of anilines is 1. The molecule has 1 rings (SSSR count). The van der Waals surface area contributed by atoms with Crippen LogP contribution in [0.1, 0.15) is 13.3 Å². The Kier molecular flexibility index (Phi) is 5.11. The van der Waals surface area contributed by atoms with E-state index in [9.17, 15) is 13.2 Å². The van der Waals surface area contributed by atoms with Crippen molar-refractivity contribution in [3.63, 3.8) is 0 Å². The number of para-hydroxylation sites is 1. The largest absolute Gasteiger partial charge is 0.375 e. The standard InChI is InChI=1S/C11H17N3O3S/c1-2-7-14-18(16,17)10-6-4-3-5-9(10)13-8-11(12)15/h3-6,13-14H,2,7-8H2,1H3,(H2,12,15). The minimum atomic E-state index is -3.57. The Morgan fingerprint density at radius 3 is 2.61 bits per heavy atom. The molecule has 0 aliphatic heterocycles.